The molecule has 0 saturated carbocycles. The van der Waals surface area contributed by atoms with Gasteiger partial charge in [0.1, 0.15) is 4.88 Å². The molecule has 8 heteroatoms. The molecule has 3 aromatic rings. The minimum Gasteiger partial charge on any atom is -0.465 e. The molecule has 0 radical (unpaired) electrons. The fourth-order valence-corrected chi connectivity index (χ4v) is 5.07. The van der Waals surface area contributed by atoms with Gasteiger partial charge in [0.05, 0.1) is 31.7 Å². The second-order valence-corrected chi connectivity index (χ2v) is 10.4. The first-order valence-electron chi connectivity index (χ1n) is 11.4. The van der Waals surface area contributed by atoms with Crippen molar-refractivity contribution in [3.05, 3.63) is 57.8 Å². The van der Waals surface area contributed by atoms with E-state index in [-0.39, 0.29) is 5.41 Å². The summed E-state index contributed by atoms with van der Waals surface area (Å²) in [5.41, 5.74) is 2.22. The van der Waals surface area contributed by atoms with E-state index < -0.39 is 12.0 Å². The van der Waals surface area contributed by atoms with Gasteiger partial charge in [0, 0.05) is 29.9 Å². The summed E-state index contributed by atoms with van der Waals surface area (Å²) < 4.78 is 10.4. The number of morpholine rings is 1. The van der Waals surface area contributed by atoms with Crippen LogP contribution in [0, 0.1) is 0 Å². The van der Waals surface area contributed by atoms with Crippen molar-refractivity contribution in [3.8, 4) is 0 Å². The van der Waals surface area contributed by atoms with E-state index >= 15 is 0 Å². The second kappa shape index (κ2) is 10.1. The predicted octanol–water partition coefficient (Wildman–Crippen LogP) is 5.46. The number of thiophene rings is 1. The summed E-state index contributed by atoms with van der Waals surface area (Å²) in [6.07, 6.45) is 0. The summed E-state index contributed by atoms with van der Waals surface area (Å²) in [6, 6.07) is 13.5. The van der Waals surface area contributed by atoms with E-state index in [0.717, 1.165) is 48.5 Å². The number of methoxy groups -OCH3 is 1. The van der Waals surface area contributed by atoms with Crippen LogP contribution in [-0.4, -0.2) is 50.3 Å². The number of amides is 2. The Balaban J connectivity index is 1.56. The third-order valence-corrected chi connectivity index (χ3v) is 7.39. The Hall–Kier alpha value is -2.94. The topological polar surface area (TPSA) is 79.9 Å². The van der Waals surface area contributed by atoms with E-state index in [9.17, 15) is 9.59 Å². The van der Waals surface area contributed by atoms with Crippen LogP contribution in [0.15, 0.2) is 42.5 Å². The van der Waals surface area contributed by atoms with Crippen molar-refractivity contribution in [2.75, 3.05) is 44.0 Å². The molecule has 7 nitrogen and oxygen atoms in total. The van der Waals surface area contributed by atoms with Crippen LogP contribution in [-0.2, 0) is 21.4 Å². The average molecular weight is 482 g/mol. The van der Waals surface area contributed by atoms with Gasteiger partial charge < -0.3 is 20.1 Å². The lowest BCUT2D eigenvalue weighted by Crippen LogP contribution is -2.35. The first-order valence-corrected chi connectivity index (χ1v) is 12.2. The van der Waals surface area contributed by atoms with Crippen LogP contribution in [0.1, 0.15) is 40.9 Å². The van der Waals surface area contributed by atoms with Crippen molar-refractivity contribution < 1.29 is 19.1 Å². The van der Waals surface area contributed by atoms with Crippen molar-refractivity contribution in [1.29, 1.82) is 0 Å². The Kier molecular flexibility index (Phi) is 7.21. The number of nitrogens with one attached hydrogen (secondary N) is 2. The van der Waals surface area contributed by atoms with E-state index in [2.05, 4.69) is 48.4 Å². The number of carbonyl (C=O) groups excluding carboxylic acids is 2. The highest BCUT2D eigenvalue weighted by Crippen LogP contribution is 2.36. The van der Waals surface area contributed by atoms with Crippen LogP contribution in [0.3, 0.4) is 0 Å². The molecule has 1 fully saturated rings. The molecular weight excluding hydrogens is 450 g/mol. The molecule has 4 rings (SSSR count). The molecule has 0 spiro atoms. The molecule has 0 bridgehead atoms. The summed E-state index contributed by atoms with van der Waals surface area (Å²) >= 11 is 1.34. The number of esters is 1. The second-order valence-electron chi connectivity index (χ2n) is 9.38. The number of fused-ring (bicyclic) bond motifs is 1. The molecule has 2 amide bonds. The van der Waals surface area contributed by atoms with Crippen LogP contribution in [0.4, 0.5) is 16.2 Å². The summed E-state index contributed by atoms with van der Waals surface area (Å²) in [5.74, 6) is -0.464. The first kappa shape index (κ1) is 24.2. The molecule has 1 aliphatic rings. The number of nitrogens with zero attached hydrogens (tertiary/aromatic N) is 1. The third-order valence-electron chi connectivity index (χ3n) is 5.85. The first-order chi connectivity index (χ1) is 16.3. The minimum absolute atomic E-state index is 0.156. The van der Waals surface area contributed by atoms with E-state index in [4.69, 9.17) is 9.47 Å². The fourth-order valence-electron chi connectivity index (χ4n) is 3.98. The number of rotatable bonds is 5. The molecule has 0 atom stereocenters. The molecule has 2 aromatic carbocycles. The van der Waals surface area contributed by atoms with Gasteiger partial charge in [-0.3, -0.25) is 4.90 Å². The molecule has 34 heavy (non-hydrogen) atoms. The largest absolute Gasteiger partial charge is 0.465 e. The van der Waals surface area contributed by atoms with Gasteiger partial charge in [-0.25, -0.2) is 9.59 Å². The van der Waals surface area contributed by atoms with Crippen molar-refractivity contribution in [2.24, 2.45) is 0 Å². The number of benzene rings is 2. The maximum absolute atomic E-state index is 13.0. The number of hydrogen-bond acceptors (Lipinski definition) is 6. The van der Waals surface area contributed by atoms with Crippen LogP contribution in [0.5, 0.6) is 0 Å². The lowest BCUT2D eigenvalue weighted by Gasteiger charge is -2.27. The zero-order chi connectivity index (χ0) is 24.3. The molecule has 180 valence electrons. The van der Waals surface area contributed by atoms with Crippen molar-refractivity contribution in [2.45, 2.75) is 32.7 Å². The molecule has 1 saturated heterocycles. The lowest BCUT2D eigenvalue weighted by atomic mass is 9.94. The fraction of sp³-hybridized carbons (Fsp3) is 0.385. The Morgan fingerprint density at radius 3 is 2.38 bits per heavy atom. The number of carbonyl (C=O) groups is 2. The number of urea groups is 1. The monoisotopic (exact) mass is 481 g/mol. The third kappa shape index (κ3) is 5.41. The molecule has 1 aromatic heterocycles. The average Bonchev–Trinajstić information content (AvgIpc) is 3.25. The van der Waals surface area contributed by atoms with E-state index in [0.29, 0.717) is 16.3 Å². The maximum atomic E-state index is 13.0. The van der Waals surface area contributed by atoms with E-state index in [1.165, 1.54) is 24.0 Å². The molecule has 0 unspecified atom stereocenters. The van der Waals surface area contributed by atoms with Gasteiger partial charge in [-0.15, -0.1) is 11.3 Å². The summed E-state index contributed by atoms with van der Waals surface area (Å²) in [6.45, 7) is 10.4. The standard InChI is InChI=1S/C26H31N3O4S/c1-26(2,3)22-15-21(23(34-22)24(30)32-4)28-25(31)27-20-10-9-17(16-29-11-13-33-14-12-29)18-7-5-6-8-19(18)20/h5-10,15H,11-14,16H2,1-4H3,(H2,27,28,31). The van der Waals surface area contributed by atoms with Gasteiger partial charge in [-0.2, -0.15) is 0 Å². The highest BCUT2D eigenvalue weighted by molar-refractivity contribution is 7.14. The smallest absolute Gasteiger partial charge is 0.350 e. The summed E-state index contributed by atoms with van der Waals surface area (Å²) in [7, 11) is 1.34. The highest BCUT2D eigenvalue weighted by Gasteiger charge is 2.24. The Bertz CT molecular complexity index is 1190. The van der Waals surface area contributed by atoms with Gasteiger partial charge in [0.15, 0.2) is 0 Å². The Morgan fingerprint density at radius 2 is 1.71 bits per heavy atom. The molecule has 2 heterocycles. The Morgan fingerprint density at radius 1 is 1.03 bits per heavy atom. The zero-order valence-corrected chi connectivity index (χ0v) is 20.9. The van der Waals surface area contributed by atoms with Gasteiger partial charge in [0.2, 0.25) is 0 Å². The van der Waals surface area contributed by atoms with Crippen LogP contribution in [0.2, 0.25) is 0 Å². The normalized spacial score (nSPS) is 14.7. The Labute approximate surface area is 204 Å². The van der Waals surface area contributed by atoms with Gasteiger partial charge >= 0.3 is 12.0 Å². The minimum atomic E-state index is -0.464. The molecule has 2 N–H and O–H groups in total. The molecular formula is C26H31N3O4S. The zero-order valence-electron chi connectivity index (χ0n) is 20.1. The highest BCUT2D eigenvalue weighted by atomic mass is 32.1. The lowest BCUT2D eigenvalue weighted by molar-refractivity contribution is 0.0343. The maximum Gasteiger partial charge on any atom is 0.350 e. The molecule has 1 aliphatic heterocycles. The number of ether oxygens (including phenoxy) is 2. The quantitative estimate of drug-likeness (QED) is 0.473. The van der Waals surface area contributed by atoms with E-state index in [1.807, 2.05) is 30.3 Å². The van der Waals surface area contributed by atoms with Gasteiger partial charge in [0.25, 0.3) is 0 Å². The predicted molar refractivity (Wildman–Crippen MR) is 137 cm³/mol. The summed E-state index contributed by atoms with van der Waals surface area (Å²) in [5, 5.41) is 7.89. The summed E-state index contributed by atoms with van der Waals surface area (Å²) in [4.78, 5) is 29.0. The van der Waals surface area contributed by atoms with Crippen LogP contribution >= 0.6 is 11.3 Å². The van der Waals surface area contributed by atoms with Crippen molar-refractivity contribution in [1.82, 2.24) is 4.90 Å². The van der Waals surface area contributed by atoms with E-state index in [1.54, 1.807) is 0 Å². The number of anilines is 2. The van der Waals surface area contributed by atoms with Crippen LogP contribution < -0.4 is 10.6 Å². The van der Waals surface area contributed by atoms with Gasteiger partial charge in [-0.05, 0) is 28.5 Å². The number of hydrogen-bond donors (Lipinski definition) is 2. The SMILES string of the molecule is COC(=O)c1sc(C(C)(C)C)cc1NC(=O)Nc1ccc(CN2CCOCC2)c2ccccc12. The van der Waals surface area contributed by atoms with Crippen molar-refractivity contribution in [3.63, 3.8) is 0 Å². The van der Waals surface area contributed by atoms with Crippen molar-refractivity contribution >= 4 is 45.5 Å². The van der Waals surface area contributed by atoms with Crippen LogP contribution in [0.25, 0.3) is 10.8 Å². The van der Waals surface area contributed by atoms with Gasteiger partial charge in [-0.1, -0.05) is 51.1 Å². The molecule has 0 aliphatic carbocycles.